The molecule has 0 saturated carbocycles. The van der Waals surface area contributed by atoms with Crippen LogP contribution < -0.4 is 0 Å². The van der Waals surface area contributed by atoms with Crippen LogP contribution >= 0.6 is 0 Å². The van der Waals surface area contributed by atoms with Crippen molar-refractivity contribution in [1.82, 2.24) is 0 Å². The smallest absolute Gasteiger partial charge is 0.0998 e. The predicted molar refractivity (Wildman–Crippen MR) is 147 cm³/mol. The van der Waals surface area contributed by atoms with Gasteiger partial charge < -0.3 is 0 Å². The molecule has 0 unspecified atom stereocenters. The molecule has 0 aromatic heterocycles. The number of benzene rings is 1. The highest BCUT2D eigenvalue weighted by atomic mass is 14.3. The second-order valence-corrected chi connectivity index (χ2v) is 9.73. The van der Waals surface area contributed by atoms with Gasteiger partial charge in [-0.1, -0.05) is 121 Å². The van der Waals surface area contributed by atoms with Crippen molar-refractivity contribution in [3.8, 4) is 12.1 Å². The zero-order chi connectivity index (χ0) is 25.8. The van der Waals surface area contributed by atoms with E-state index in [4.69, 9.17) is 0 Å². The molecular weight excluding hydrogens is 412 g/mol. The van der Waals surface area contributed by atoms with Crippen LogP contribution in [0, 0.1) is 33.5 Å². The van der Waals surface area contributed by atoms with Crippen LogP contribution in [0.2, 0.25) is 0 Å². The first-order chi connectivity index (χ1) is 16.0. The first-order valence-corrected chi connectivity index (χ1v) is 11.8. The summed E-state index contributed by atoms with van der Waals surface area (Å²) in [7, 11) is 0. The lowest BCUT2D eigenvalue weighted by Gasteiger charge is -2.12. The average molecular weight is 451 g/mol. The van der Waals surface area contributed by atoms with Crippen LogP contribution in [0.4, 0.5) is 0 Å². The number of hydrogen-bond donors (Lipinski definition) is 0. The quantitative estimate of drug-likeness (QED) is 0.331. The number of nitrogens with zero attached hydrogens (tertiary/aromatic N) is 2. The molecule has 0 N–H and O–H groups in total. The van der Waals surface area contributed by atoms with Crippen LogP contribution in [0.15, 0.2) is 96.2 Å². The third-order valence-electron chi connectivity index (χ3n) is 4.91. The molecule has 0 bridgehead atoms. The Labute approximate surface area is 207 Å². The van der Waals surface area contributed by atoms with Gasteiger partial charge in [0.2, 0.25) is 0 Å². The molecule has 2 rings (SSSR count). The maximum absolute atomic E-state index is 9.70. The van der Waals surface area contributed by atoms with Gasteiger partial charge in [0, 0.05) is 5.41 Å². The highest BCUT2D eigenvalue weighted by Gasteiger charge is 2.11. The lowest BCUT2D eigenvalue weighted by Crippen LogP contribution is -2.00. The van der Waals surface area contributed by atoms with Gasteiger partial charge in [-0.05, 0) is 46.8 Å². The minimum absolute atomic E-state index is 0.00428. The summed E-state index contributed by atoms with van der Waals surface area (Å²) in [6.45, 7) is 16.7. The normalized spacial score (nSPS) is 16.2. The molecule has 2 heteroatoms. The van der Waals surface area contributed by atoms with Crippen LogP contribution in [0.3, 0.4) is 0 Å². The van der Waals surface area contributed by atoms with Gasteiger partial charge in [0.15, 0.2) is 0 Å². The van der Waals surface area contributed by atoms with Gasteiger partial charge in [0.25, 0.3) is 0 Å². The SMILES string of the molecule is CC.CC(/C=C(\C#N)c1ccc(/C(C#N)=C/C2=CC=CC(C)(C)C=C2)cc1)=C\C=C/C(C)(C)C. The van der Waals surface area contributed by atoms with E-state index in [-0.39, 0.29) is 10.8 Å². The summed E-state index contributed by atoms with van der Waals surface area (Å²) in [5.41, 5.74) is 4.95. The molecule has 1 aromatic rings. The Morgan fingerprint density at radius 2 is 1.47 bits per heavy atom. The molecule has 0 atom stereocenters. The van der Waals surface area contributed by atoms with Crippen molar-refractivity contribution in [1.29, 1.82) is 10.5 Å². The Morgan fingerprint density at radius 1 is 0.912 bits per heavy atom. The highest BCUT2D eigenvalue weighted by molar-refractivity contribution is 5.83. The van der Waals surface area contributed by atoms with E-state index in [1.165, 1.54) is 0 Å². The molecular formula is C32H38N2. The van der Waals surface area contributed by atoms with Crippen LogP contribution in [-0.4, -0.2) is 0 Å². The molecule has 1 aliphatic carbocycles. The number of rotatable bonds is 5. The van der Waals surface area contributed by atoms with Crippen LogP contribution in [0.25, 0.3) is 11.1 Å². The molecule has 0 spiro atoms. The van der Waals surface area contributed by atoms with Crippen molar-refractivity contribution in [3.05, 3.63) is 107 Å². The Balaban J connectivity index is 0.00000281. The largest absolute Gasteiger partial charge is 0.192 e. The Hall–Kier alpha value is -3.62. The molecule has 0 amide bonds. The van der Waals surface area contributed by atoms with E-state index in [0.29, 0.717) is 11.1 Å². The summed E-state index contributed by atoms with van der Waals surface area (Å²) in [5, 5.41) is 19.3. The topological polar surface area (TPSA) is 47.6 Å². The molecule has 0 fully saturated rings. The van der Waals surface area contributed by atoms with Crippen molar-refractivity contribution < 1.29 is 0 Å². The van der Waals surface area contributed by atoms with Gasteiger partial charge in [-0.25, -0.2) is 0 Å². The Morgan fingerprint density at radius 3 is 2.00 bits per heavy atom. The first-order valence-electron chi connectivity index (χ1n) is 11.8. The summed E-state index contributed by atoms with van der Waals surface area (Å²) >= 11 is 0. The Bertz CT molecular complexity index is 1120. The van der Waals surface area contributed by atoms with Crippen molar-refractivity contribution in [3.63, 3.8) is 0 Å². The van der Waals surface area contributed by atoms with E-state index in [0.717, 1.165) is 22.3 Å². The van der Waals surface area contributed by atoms with Crippen molar-refractivity contribution in [2.45, 2.75) is 55.4 Å². The van der Waals surface area contributed by atoms with Crippen LogP contribution in [0.1, 0.15) is 66.5 Å². The minimum atomic E-state index is -0.00428. The van der Waals surface area contributed by atoms with E-state index in [2.05, 4.69) is 65.0 Å². The molecule has 0 radical (unpaired) electrons. The summed E-state index contributed by atoms with van der Waals surface area (Å²) in [4.78, 5) is 0. The van der Waals surface area contributed by atoms with E-state index in [1.807, 2.05) is 87.6 Å². The van der Waals surface area contributed by atoms with E-state index in [1.54, 1.807) is 0 Å². The van der Waals surface area contributed by atoms with Gasteiger partial charge in [0.1, 0.15) is 0 Å². The molecule has 2 nitrogen and oxygen atoms in total. The predicted octanol–water partition coefficient (Wildman–Crippen LogP) is 9.15. The Kier molecular flexibility index (Phi) is 11.0. The molecule has 1 aromatic carbocycles. The fourth-order valence-corrected chi connectivity index (χ4v) is 3.05. The molecule has 1 aliphatic rings. The van der Waals surface area contributed by atoms with Crippen molar-refractivity contribution >= 4 is 11.1 Å². The minimum Gasteiger partial charge on any atom is -0.192 e. The van der Waals surface area contributed by atoms with Gasteiger partial charge in [0.05, 0.1) is 23.3 Å². The summed E-state index contributed by atoms with van der Waals surface area (Å²) < 4.78 is 0. The maximum atomic E-state index is 9.70. The van der Waals surface area contributed by atoms with Crippen LogP contribution in [-0.2, 0) is 0 Å². The number of nitriles is 2. The summed E-state index contributed by atoms with van der Waals surface area (Å²) in [5.74, 6) is 0. The second-order valence-electron chi connectivity index (χ2n) is 9.73. The standard InChI is InChI=1S/C30H32N2.C2H6/c1-23(9-7-16-29(2,3)4)19-27(21-31)25-11-13-26(14-12-25)28(22-32)20-24-10-8-17-30(5,6)18-15-24;1-2/h7-20H,1-6H3;1-2H3/b16-7-,23-9+,27-19+,28-20+;. The number of allylic oxidation sites excluding steroid dienone is 14. The highest BCUT2D eigenvalue weighted by Crippen LogP contribution is 2.25. The van der Waals surface area contributed by atoms with E-state index in [9.17, 15) is 10.5 Å². The monoisotopic (exact) mass is 450 g/mol. The number of hydrogen-bond acceptors (Lipinski definition) is 2. The molecule has 176 valence electrons. The van der Waals surface area contributed by atoms with Crippen molar-refractivity contribution in [2.75, 3.05) is 0 Å². The van der Waals surface area contributed by atoms with Gasteiger partial charge in [-0.3, -0.25) is 0 Å². The molecule has 0 saturated heterocycles. The fourth-order valence-electron chi connectivity index (χ4n) is 3.05. The fraction of sp³-hybridized carbons (Fsp3) is 0.312. The third-order valence-corrected chi connectivity index (χ3v) is 4.91. The zero-order valence-corrected chi connectivity index (χ0v) is 22.0. The third kappa shape index (κ3) is 9.89. The lowest BCUT2D eigenvalue weighted by molar-refractivity contribution is 0.544. The van der Waals surface area contributed by atoms with E-state index >= 15 is 0 Å². The van der Waals surface area contributed by atoms with Crippen LogP contribution in [0.5, 0.6) is 0 Å². The van der Waals surface area contributed by atoms with Gasteiger partial charge >= 0.3 is 0 Å². The first kappa shape index (κ1) is 28.4. The summed E-state index contributed by atoms with van der Waals surface area (Å²) in [6.07, 6.45) is 20.3. The zero-order valence-electron chi connectivity index (χ0n) is 22.0. The average Bonchev–Trinajstić information content (AvgIpc) is 2.96. The molecule has 0 heterocycles. The van der Waals surface area contributed by atoms with Crippen molar-refractivity contribution in [2.24, 2.45) is 10.8 Å². The van der Waals surface area contributed by atoms with Gasteiger partial charge in [-0.2, -0.15) is 10.5 Å². The summed E-state index contributed by atoms with van der Waals surface area (Å²) in [6, 6.07) is 12.2. The molecule has 0 aliphatic heterocycles. The lowest BCUT2D eigenvalue weighted by atomic mass is 9.93. The van der Waals surface area contributed by atoms with E-state index < -0.39 is 0 Å². The maximum Gasteiger partial charge on any atom is 0.0998 e. The van der Waals surface area contributed by atoms with Gasteiger partial charge in [-0.15, -0.1) is 0 Å². The second kappa shape index (κ2) is 13.2. The molecule has 34 heavy (non-hydrogen) atoms.